The summed E-state index contributed by atoms with van der Waals surface area (Å²) < 4.78 is 28.3. The summed E-state index contributed by atoms with van der Waals surface area (Å²) in [5.74, 6) is -0.520. The first-order valence-corrected chi connectivity index (χ1v) is 11.4. The van der Waals surface area contributed by atoms with Crippen LogP contribution >= 0.6 is 23.2 Å². The average Bonchev–Trinajstić information content (AvgIpc) is 2.67. The number of carbonyl (C=O) groups is 1. The van der Waals surface area contributed by atoms with Gasteiger partial charge in [0.25, 0.3) is 0 Å². The average molecular weight is 463 g/mol. The van der Waals surface area contributed by atoms with Gasteiger partial charge in [0.05, 0.1) is 4.90 Å². The first kappa shape index (κ1) is 22.3. The van der Waals surface area contributed by atoms with Gasteiger partial charge in [-0.2, -0.15) is 4.72 Å². The van der Waals surface area contributed by atoms with Gasteiger partial charge < -0.3 is 5.32 Å². The fourth-order valence-electron chi connectivity index (χ4n) is 2.87. The number of carbonyl (C=O) groups excluding carboxylic acids is 1. The van der Waals surface area contributed by atoms with Crippen molar-refractivity contribution in [3.8, 4) is 0 Å². The van der Waals surface area contributed by atoms with Crippen molar-refractivity contribution in [1.82, 2.24) is 4.72 Å². The molecule has 2 N–H and O–H groups in total. The van der Waals surface area contributed by atoms with Crippen molar-refractivity contribution in [2.24, 2.45) is 0 Å². The molecule has 0 aliphatic rings. The number of hydrogen-bond donors (Lipinski definition) is 2. The molecule has 0 aliphatic carbocycles. The SMILES string of the molecule is Cc1ccc(S(=O)(=O)N[C@@H](Cc2ccccc2)C(=O)Nc2cc(Cl)cc(Cl)c2)cc1. The lowest BCUT2D eigenvalue weighted by molar-refractivity contribution is -0.117. The van der Waals surface area contributed by atoms with E-state index in [1.165, 1.54) is 12.1 Å². The maximum atomic E-state index is 13.0. The molecule has 156 valence electrons. The number of hydrogen-bond acceptors (Lipinski definition) is 3. The van der Waals surface area contributed by atoms with Crippen LogP contribution in [0.1, 0.15) is 11.1 Å². The Hall–Kier alpha value is -2.38. The first-order chi connectivity index (χ1) is 14.2. The van der Waals surface area contributed by atoms with Crippen LogP contribution in [0.25, 0.3) is 0 Å². The van der Waals surface area contributed by atoms with Crippen LogP contribution in [0.15, 0.2) is 77.7 Å². The first-order valence-electron chi connectivity index (χ1n) is 9.13. The van der Waals surface area contributed by atoms with E-state index < -0.39 is 22.0 Å². The van der Waals surface area contributed by atoms with Crippen LogP contribution < -0.4 is 10.0 Å². The van der Waals surface area contributed by atoms with E-state index in [9.17, 15) is 13.2 Å². The Labute approximate surface area is 186 Å². The predicted molar refractivity (Wildman–Crippen MR) is 121 cm³/mol. The summed E-state index contributed by atoms with van der Waals surface area (Å²) >= 11 is 12.0. The molecule has 0 unspecified atom stereocenters. The van der Waals surface area contributed by atoms with Crippen LogP contribution in [0.5, 0.6) is 0 Å². The molecular weight excluding hydrogens is 443 g/mol. The Kier molecular flexibility index (Phi) is 7.15. The smallest absolute Gasteiger partial charge is 0.242 e. The van der Waals surface area contributed by atoms with Crippen LogP contribution in [0.3, 0.4) is 0 Å². The third-order valence-electron chi connectivity index (χ3n) is 4.36. The van der Waals surface area contributed by atoms with Crippen LogP contribution in [-0.4, -0.2) is 20.4 Å². The Bertz CT molecular complexity index is 1110. The zero-order valence-corrected chi connectivity index (χ0v) is 18.4. The van der Waals surface area contributed by atoms with Gasteiger partial charge in [0.2, 0.25) is 15.9 Å². The summed E-state index contributed by atoms with van der Waals surface area (Å²) in [7, 11) is -3.91. The monoisotopic (exact) mass is 462 g/mol. The molecular formula is C22H20Cl2N2O3S. The number of sulfonamides is 1. The molecule has 5 nitrogen and oxygen atoms in total. The number of aryl methyl sites for hydroxylation is 1. The van der Waals surface area contributed by atoms with Gasteiger partial charge >= 0.3 is 0 Å². The minimum absolute atomic E-state index is 0.0877. The highest BCUT2D eigenvalue weighted by Gasteiger charge is 2.26. The van der Waals surface area contributed by atoms with Gasteiger partial charge in [-0.3, -0.25) is 4.79 Å². The number of benzene rings is 3. The molecule has 0 saturated heterocycles. The summed E-state index contributed by atoms with van der Waals surface area (Å²) in [4.78, 5) is 13.1. The minimum atomic E-state index is -3.91. The van der Waals surface area contributed by atoms with E-state index in [1.54, 1.807) is 30.3 Å². The number of anilines is 1. The maximum Gasteiger partial charge on any atom is 0.242 e. The third-order valence-corrected chi connectivity index (χ3v) is 6.28. The van der Waals surface area contributed by atoms with E-state index in [0.717, 1.165) is 11.1 Å². The second kappa shape index (κ2) is 9.62. The van der Waals surface area contributed by atoms with E-state index >= 15 is 0 Å². The van der Waals surface area contributed by atoms with Crippen LogP contribution in [0.2, 0.25) is 10.0 Å². The molecule has 0 bridgehead atoms. The topological polar surface area (TPSA) is 75.3 Å². The maximum absolute atomic E-state index is 13.0. The largest absolute Gasteiger partial charge is 0.325 e. The van der Waals surface area contributed by atoms with Gasteiger partial charge in [0.1, 0.15) is 6.04 Å². The van der Waals surface area contributed by atoms with Crippen LogP contribution in [-0.2, 0) is 21.2 Å². The molecule has 0 saturated carbocycles. The lowest BCUT2D eigenvalue weighted by Gasteiger charge is -2.19. The van der Waals surface area contributed by atoms with Crippen molar-refractivity contribution in [2.45, 2.75) is 24.3 Å². The fraction of sp³-hybridized carbons (Fsp3) is 0.136. The van der Waals surface area contributed by atoms with Crippen molar-refractivity contribution in [3.05, 3.63) is 94.0 Å². The zero-order valence-electron chi connectivity index (χ0n) is 16.1. The van der Waals surface area contributed by atoms with Crippen LogP contribution in [0.4, 0.5) is 5.69 Å². The Morgan fingerprint density at radius 1 is 0.933 bits per heavy atom. The molecule has 0 heterocycles. The minimum Gasteiger partial charge on any atom is -0.325 e. The summed E-state index contributed by atoms with van der Waals surface area (Å²) in [5, 5.41) is 3.41. The van der Waals surface area contributed by atoms with E-state index in [4.69, 9.17) is 23.2 Å². The number of halogens is 2. The molecule has 1 amide bonds. The normalized spacial score (nSPS) is 12.4. The molecule has 8 heteroatoms. The van der Waals surface area contributed by atoms with E-state index in [-0.39, 0.29) is 11.3 Å². The number of amides is 1. The van der Waals surface area contributed by atoms with Crippen molar-refractivity contribution in [1.29, 1.82) is 0 Å². The molecule has 0 aromatic heterocycles. The van der Waals surface area contributed by atoms with Crippen molar-refractivity contribution in [2.75, 3.05) is 5.32 Å². The highest BCUT2D eigenvalue weighted by molar-refractivity contribution is 7.89. The van der Waals surface area contributed by atoms with Crippen molar-refractivity contribution >= 4 is 44.8 Å². The number of rotatable bonds is 7. The Balaban J connectivity index is 1.87. The molecule has 0 radical (unpaired) electrons. The van der Waals surface area contributed by atoms with Gasteiger partial charge in [0.15, 0.2) is 0 Å². The highest BCUT2D eigenvalue weighted by Crippen LogP contribution is 2.23. The lowest BCUT2D eigenvalue weighted by atomic mass is 10.1. The fourth-order valence-corrected chi connectivity index (χ4v) is 4.59. The van der Waals surface area contributed by atoms with Gasteiger partial charge in [-0.25, -0.2) is 8.42 Å². The zero-order chi connectivity index (χ0) is 21.7. The van der Waals surface area contributed by atoms with Gasteiger partial charge in [-0.05, 0) is 49.2 Å². The van der Waals surface area contributed by atoms with Crippen molar-refractivity contribution < 1.29 is 13.2 Å². The summed E-state index contributed by atoms with van der Waals surface area (Å²) in [6.45, 7) is 1.87. The van der Waals surface area contributed by atoms with Gasteiger partial charge in [0, 0.05) is 15.7 Å². The van der Waals surface area contributed by atoms with E-state index in [2.05, 4.69) is 10.0 Å². The second-order valence-electron chi connectivity index (χ2n) is 6.82. The Morgan fingerprint density at radius 3 is 2.13 bits per heavy atom. The number of nitrogens with one attached hydrogen (secondary N) is 2. The summed E-state index contributed by atoms with van der Waals surface area (Å²) in [6, 6.07) is 19.2. The van der Waals surface area contributed by atoms with E-state index in [0.29, 0.717) is 15.7 Å². The molecule has 30 heavy (non-hydrogen) atoms. The summed E-state index contributed by atoms with van der Waals surface area (Å²) in [5.41, 5.74) is 2.13. The Morgan fingerprint density at radius 2 is 1.53 bits per heavy atom. The van der Waals surface area contributed by atoms with E-state index in [1.807, 2.05) is 37.3 Å². The molecule has 0 fully saturated rings. The highest BCUT2D eigenvalue weighted by atomic mass is 35.5. The molecule has 3 rings (SSSR count). The van der Waals surface area contributed by atoms with Gasteiger partial charge in [-0.15, -0.1) is 0 Å². The summed E-state index contributed by atoms with van der Waals surface area (Å²) in [6.07, 6.45) is 0.173. The van der Waals surface area contributed by atoms with Gasteiger partial charge in [-0.1, -0.05) is 71.2 Å². The molecule has 1 atom stereocenters. The predicted octanol–water partition coefficient (Wildman–Crippen LogP) is 4.83. The molecule has 0 spiro atoms. The van der Waals surface area contributed by atoms with Crippen molar-refractivity contribution in [3.63, 3.8) is 0 Å². The molecule has 3 aromatic carbocycles. The van der Waals surface area contributed by atoms with Crippen LogP contribution in [0, 0.1) is 6.92 Å². The standard InChI is InChI=1S/C22H20Cl2N2O3S/c1-15-7-9-20(10-8-15)30(28,29)26-21(11-16-5-3-2-4-6-16)22(27)25-19-13-17(23)12-18(24)14-19/h2-10,12-14,21,26H,11H2,1H3,(H,25,27)/t21-/m0/s1. The second-order valence-corrected chi connectivity index (χ2v) is 9.41. The lowest BCUT2D eigenvalue weighted by Crippen LogP contribution is -2.45. The molecule has 0 aliphatic heterocycles. The quantitative estimate of drug-likeness (QED) is 0.527. The third kappa shape index (κ3) is 6.06. The molecule has 3 aromatic rings.